The predicted octanol–water partition coefficient (Wildman–Crippen LogP) is 2.36. The van der Waals surface area contributed by atoms with Crippen LogP contribution in [0.25, 0.3) is 0 Å². The zero-order valence-corrected chi connectivity index (χ0v) is 13.1. The third kappa shape index (κ3) is 3.22. The van der Waals surface area contributed by atoms with E-state index in [2.05, 4.69) is 12.2 Å². The molecule has 4 nitrogen and oxygen atoms in total. The number of sulfonamides is 1. The molecule has 0 aliphatic carbocycles. The summed E-state index contributed by atoms with van der Waals surface area (Å²) >= 11 is 0. The van der Waals surface area contributed by atoms with Gasteiger partial charge in [0.15, 0.2) is 0 Å². The van der Waals surface area contributed by atoms with Crippen molar-refractivity contribution in [3.05, 3.63) is 29.8 Å². The van der Waals surface area contributed by atoms with Crippen LogP contribution in [0.2, 0.25) is 0 Å². The molecular formula is C15H24N2O2S. The molecule has 1 atom stereocenters. The highest BCUT2D eigenvalue weighted by molar-refractivity contribution is 7.89. The first-order valence-corrected chi connectivity index (χ1v) is 8.85. The lowest BCUT2D eigenvalue weighted by molar-refractivity contribution is 0.379. The van der Waals surface area contributed by atoms with Gasteiger partial charge in [0, 0.05) is 19.1 Å². The summed E-state index contributed by atoms with van der Waals surface area (Å²) in [4.78, 5) is 0.424. The van der Waals surface area contributed by atoms with Crippen molar-refractivity contribution in [1.82, 2.24) is 9.62 Å². The minimum Gasteiger partial charge on any atom is -0.313 e. The van der Waals surface area contributed by atoms with Crippen molar-refractivity contribution in [2.75, 3.05) is 13.1 Å². The standard InChI is InChI=1S/C15H24N2O2S/c1-3-14-8-6-10-17(14)20(18,19)15-9-5-7-13(11-15)12-16-4-2/h5,7,9,11,14,16H,3-4,6,8,10,12H2,1-2H3. The zero-order valence-electron chi connectivity index (χ0n) is 12.3. The number of nitrogens with one attached hydrogen (secondary N) is 1. The molecule has 0 spiro atoms. The molecule has 1 unspecified atom stereocenters. The lowest BCUT2D eigenvalue weighted by Crippen LogP contribution is -2.35. The molecule has 1 aliphatic heterocycles. The maximum absolute atomic E-state index is 12.7. The summed E-state index contributed by atoms with van der Waals surface area (Å²) in [6.45, 7) is 6.33. The van der Waals surface area contributed by atoms with Gasteiger partial charge >= 0.3 is 0 Å². The molecule has 1 aromatic rings. The van der Waals surface area contributed by atoms with Crippen molar-refractivity contribution >= 4 is 10.0 Å². The van der Waals surface area contributed by atoms with Gasteiger partial charge in [0.25, 0.3) is 0 Å². The average Bonchev–Trinajstić information content (AvgIpc) is 2.94. The number of rotatable bonds is 6. The lowest BCUT2D eigenvalue weighted by atomic mass is 10.2. The van der Waals surface area contributed by atoms with Crippen molar-refractivity contribution in [3.8, 4) is 0 Å². The van der Waals surface area contributed by atoms with Gasteiger partial charge < -0.3 is 5.32 Å². The second-order valence-electron chi connectivity index (χ2n) is 5.25. The Hall–Kier alpha value is -0.910. The van der Waals surface area contributed by atoms with E-state index < -0.39 is 10.0 Å². The molecule has 1 saturated heterocycles. The van der Waals surface area contributed by atoms with E-state index in [9.17, 15) is 8.42 Å². The molecule has 1 aliphatic rings. The van der Waals surface area contributed by atoms with Gasteiger partial charge in [0.05, 0.1) is 4.90 Å². The number of benzene rings is 1. The van der Waals surface area contributed by atoms with Crippen molar-refractivity contribution < 1.29 is 8.42 Å². The zero-order chi connectivity index (χ0) is 14.6. The van der Waals surface area contributed by atoms with Crippen LogP contribution in [0, 0.1) is 0 Å². The van der Waals surface area contributed by atoms with Crippen LogP contribution in [-0.4, -0.2) is 31.9 Å². The van der Waals surface area contributed by atoms with Crippen LogP contribution >= 0.6 is 0 Å². The van der Waals surface area contributed by atoms with Crippen LogP contribution in [0.1, 0.15) is 38.7 Å². The summed E-state index contributed by atoms with van der Waals surface area (Å²) in [6.07, 6.45) is 2.83. The Morgan fingerprint density at radius 1 is 1.35 bits per heavy atom. The highest BCUT2D eigenvalue weighted by Gasteiger charge is 2.34. The molecule has 0 bridgehead atoms. The van der Waals surface area contributed by atoms with Gasteiger partial charge in [-0.1, -0.05) is 26.0 Å². The van der Waals surface area contributed by atoms with Crippen molar-refractivity contribution in [1.29, 1.82) is 0 Å². The quantitative estimate of drug-likeness (QED) is 0.876. The van der Waals surface area contributed by atoms with E-state index in [0.717, 1.165) is 31.4 Å². The Kier molecular flexibility index (Phi) is 5.18. The van der Waals surface area contributed by atoms with Crippen molar-refractivity contribution in [2.24, 2.45) is 0 Å². The van der Waals surface area contributed by atoms with E-state index in [1.54, 1.807) is 16.4 Å². The van der Waals surface area contributed by atoms with Crippen LogP contribution < -0.4 is 5.32 Å². The van der Waals surface area contributed by atoms with E-state index in [0.29, 0.717) is 18.0 Å². The van der Waals surface area contributed by atoms with Gasteiger partial charge in [-0.25, -0.2) is 8.42 Å². The molecule has 1 fully saturated rings. The van der Waals surface area contributed by atoms with Gasteiger partial charge in [0.2, 0.25) is 10.0 Å². The van der Waals surface area contributed by atoms with E-state index in [4.69, 9.17) is 0 Å². The highest BCUT2D eigenvalue weighted by atomic mass is 32.2. The average molecular weight is 296 g/mol. The van der Waals surface area contributed by atoms with Gasteiger partial charge in [-0.2, -0.15) is 4.31 Å². The monoisotopic (exact) mass is 296 g/mol. The Bertz CT molecular complexity index is 543. The fraction of sp³-hybridized carbons (Fsp3) is 0.600. The predicted molar refractivity (Wildman–Crippen MR) is 81.0 cm³/mol. The van der Waals surface area contributed by atoms with Crippen LogP contribution in [-0.2, 0) is 16.6 Å². The van der Waals surface area contributed by atoms with E-state index in [1.807, 2.05) is 19.1 Å². The fourth-order valence-electron chi connectivity index (χ4n) is 2.75. The molecule has 0 amide bonds. The molecule has 2 rings (SSSR count). The Morgan fingerprint density at radius 2 is 2.15 bits per heavy atom. The van der Waals surface area contributed by atoms with Crippen LogP contribution in [0.3, 0.4) is 0 Å². The van der Waals surface area contributed by atoms with Gasteiger partial charge in [-0.3, -0.25) is 0 Å². The number of hydrogen-bond donors (Lipinski definition) is 1. The first kappa shape index (κ1) is 15.5. The molecular weight excluding hydrogens is 272 g/mol. The molecule has 0 aromatic heterocycles. The van der Waals surface area contributed by atoms with Crippen LogP contribution in [0.5, 0.6) is 0 Å². The summed E-state index contributed by atoms with van der Waals surface area (Å²) in [5.41, 5.74) is 1.01. The van der Waals surface area contributed by atoms with Gasteiger partial charge in [-0.15, -0.1) is 0 Å². The fourth-order valence-corrected chi connectivity index (χ4v) is 4.59. The minimum absolute atomic E-state index is 0.164. The molecule has 20 heavy (non-hydrogen) atoms. The normalized spacial score (nSPS) is 20.4. The first-order valence-electron chi connectivity index (χ1n) is 7.41. The Labute approximate surface area is 122 Å². The third-order valence-corrected chi connectivity index (χ3v) is 5.83. The number of hydrogen-bond acceptors (Lipinski definition) is 3. The molecule has 0 radical (unpaired) electrons. The van der Waals surface area contributed by atoms with Gasteiger partial charge in [0.1, 0.15) is 0 Å². The number of nitrogens with zero attached hydrogens (tertiary/aromatic N) is 1. The minimum atomic E-state index is -3.34. The van der Waals surface area contributed by atoms with E-state index in [-0.39, 0.29) is 6.04 Å². The Balaban J connectivity index is 2.25. The largest absolute Gasteiger partial charge is 0.313 e. The van der Waals surface area contributed by atoms with Gasteiger partial charge in [-0.05, 0) is 43.5 Å². The Morgan fingerprint density at radius 3 is 2.85 bits per heavy atom. The summed E-state index contributed by atoms with van der Waals surface area (Å²) in [6, 6.07) is 7.45. The smallest absolute Gasteiger partial charge is 0.243 e. The summed E-state index contributed by atoms with van der Waals surface area (Å²) in [5, 5.41) is 3.22. The third-order valence-electron chi connectivity index (χ3n) is 3.88. The topological polar surface area (TPSA) is 49.4 Å². The summed E-state index contributed by atoms with van der Waals surface area (Å²) < 4.78 is 27.2. The molecule has 0 saturated carbocycles. The maximum atomic E-state index is 12.7. The molecule has 1 heterocycles. The highest BCUT2D eigenvalue weighted by Crippen LogP contribution is 2.27. The van der Waals surface area contributed by atoms with Crippen LogP contribution in [0.15, 0.2) is 29.2 Å². The molecule has 1 aromatic carbocycles. The van der Waals surface area contributed by atoms with Crippen molar-refractivity contribution in [3.63, 3.8) is 0 Å². The second-order valence-corrected chi connectivity index (χ2v) is 7.14. The lowest BCUT2D eigenvalue weighted by Gasteiger charge is -2.23. The second kappa shape index (κ2) is 6.70. The summed E-state index contributed by atoms with van der Waals surface area (Å²) in [7, 11) is -3.34. The summed E-state index contributed by atoms with van der Waals surface area (Å²) in [5.74, 6) is 0. The first-order chi connectivity index (χ1) is 9.59. The SMILES string of the molecule is CCNCc1cccc(S(=O)(=O)N2CCCC2CC)c1. The van der Waals surface area contributed by atoms with Crippen LogP contribution in [0.4, 0.5) is 0 Å². The van der Waals surface area contributed by atoms with E-state index >= 15 is 0 Å². The van der Waals surface area contributed by atoms with E-state index in [1.165, 1.54) is 0 Å². The molecule has 5 heteroatoms. The molecule has 112 valence electrons. The van der Waals surface area contributed by atoms with Crippen molar-refractivity contribution in [2.45, 2.75) is 50.6 Å². The maximum Gasteiger partial charge on any atom is 0.243 e. The molecule has 1 N–H and O–H groups in total.